The number of hydrogen-bond acceptors (Lipinski definition) is 11. The van der Waals surface area contributed by atoms with Gasteiger partial charge in [0.05, 0.1) is 30.6 Å². The number of fused-ring (bicyclic) bond motifs is 1. The molecule has 3 amide bonds. The summed E-state index contributed by atoms with van der Waals surface area (Å²) in [5, 5.41) is 43.2. The van der Waals surface area contributed by atoms with Gasteiger partial charge < -0.3 is 46.1 Å². The quantitative estimate of drug-likeness (QED) is 0.0995. The first kappa shape index (κ1) is 34.8. The molecule has 7 rings (SSSR count). The van der Waals surface area contributed by atoms with Gasteiger partial charge in [-0.05, 0) is 36.1 Å². The summed E-state index contributed by atoms with van der Waals surface area (Å²) in [7, 11) is 0. The number of aromatic nitrogens is 5. The molecule has 1 saturated heterocycles. The molecule has 2 aliphatic rings. The minimum atomic E-state index is -1.26. The smallest absolute Gasteiger partial charge is 0.315 e. The van der Waals surface area contributed by atoms with Gasteiger partial charge in [-0.1, -0.05) is 66.7 Å². The second kappa shape index (κ2) is 15.7. The van der Waals surface area contributed by atoms with E-state index in [4.69, 9.17) is 9.97 Å². The number of nitrogens with one attached hydrogen (secondary N) is 4. The number of nitrogens with zero attached hydrogens (tertiary/aromatic N) is 6. The van der Waals surface area contributed by atoms with Crippen LogP contribution in [0.2, 0.25) is 0 Å². The van der Waals surface area contributed by atoms with E-state index in [1.165, 1.54) is 0 Å². The average Bonchev–Trinajstić information content (AvgIpc) is 3.90. The van der Waals surface area contributed by atoms with Crippen molar-refractivity contribution in [3.8, 4) is 0 Å². The number of hydrogen-bond donors (Lipinski definition) is 7. The van der Waals surface area contributed by atoms with Gasteiger partial charge in [0.25, 0.3) is 0 Å². The van der Waals surface area contributed by atoms with E-state index in [1.54, 1.807) is 17.1 Å². The van der Waals surface area contributed by atoms with Crippen molar-refractivity contribution in [1.82, 2.24) is 40.5 Å². The molecule has 1 unspecified atom stereocenters. The van der Waals surface area contributed by atoms with Gasteiger partial charge in [0, 0.05) is 37.8 Å². The molecule has 1 aliphatic heterocycles. The maximum absolute atomic E-state index is 12.7. The number of carbonyl (C=O) groups is 2. The zero-order chi connectivity index (χ0) is 36.0. The van der Waals surface area contributed by atoms with E-state index in [2.05, 4.69) is 55.5 Å². The van der Waals surface area contributed by atoms with Crippen molar-refractivity contribution in [2.24, 2.45) is 0 Å². The highest BCUT2D eigenvalue weighted by Gasteiger charge is 2.44. The zero-order valence-electron chi connectivity index (χ0n) is 28.4. The third-order valence-electron chi connectivity index (χ3n) is 9.75. The summed E-state index contributed by atoms with van der Waals surface area (Å²) in [6.45, 7) is 1.12. The Labute approximate surface area is 300 Å². The first-order chi connectivity index (χ1) is 25.4. The van der Waals surface area contributed by atoms with E-state index in [0.29, 0.717) is 55.5 Å². The molecule has 5 aromatic rings. The Bertz CT molecular complexity index is 1930. The third-order valence-corrected chi connectivity index (χ3v) is 9.75. The van der Waals surface area contributed by atoms with Crippen molar-refractivity contribution < 1.29 is 24.9 Å². The molecule has 0 spiro atoms. The van der Waals surface area contributed by atoms with Gasteiger partial charge in [-0.15, -0.1) is 0 Å². The molecule has 1 aliphatic carbocycles. The minimum Gasteiger partial charge on any atom is -0.388 e. The average molecular weight is 707 g/mol. The van der Waals surface area contributed by atoms with Gasteiger partial charge in [0.2, 0.25) is 11.9 Å². The highest BCUT2D eigenvalue weighted by atomic mass is 16.3. The monoisotopic (exact) mass is 706 g/mol. The summed E-state index contributed by atoms with van der Waals surface area (Å²) < 4.78 is 1.72. The van der Waals surface area contributed by atoms with Gasteiger partial charge >= 0.3 is 6.03 Å². The largest absolute Gasteiger partial charge is 0.388 e. The van der Waals surface area contributed by atoms with Crippen LogP contribution in [0.1, 0.15) is 41.6 Å². The molecule has 4 heterocycles. The molecule has 3 aromatic heterocycles. The molecular weight excluding hydrogens is 664 g/mol. The Hall–Kier alpha value is -5.64. The van der Waals surface area contributed by atoms with Crippen LogP contribution in [0.15, 0.2) is 91.4 Å². The number of imidazole rings is 1. The van der Waals surface area contributed by atoms with Crippen LogP contribution in [-0.2, 0) is 11.3 Å². The van der Waals surface area contributed by atoms with E-state index in [-0.39, 0.29) is 24.4 Å². The van der Waals surface area contributed by atoms with Gasteiger partial charge in [-0.3, -0.25) is 9.78 Å². The lowest BCUT2D eigenvalue weighted by Gasteiger charge is -2.22. The molecule has 1 saturated carbocycles. The van der Waals surface area contributed by atoms with E-state index in [9.17, 15) is 24.9 Å². The molecule has 0 radical (unpaired) electrons. The summed E-state index contributed by atoms with van der Waals surface area (Å²) in [6, 6.07) is 24.1. The predicted octanol–water partition coefficient (Wildman–Crippen LogP) is 1.69. The Morgan fingerprint density at radius 1 is 0.885 bits per heavy atom. The Balaban J connectivity index is 1.16. The Morgan fingerprint density at radius 2 is 1.62 bits per heavy atom. The topological polar surface area (TPSA) is 203 Å². The molecule has 270 valence electrons. The van der Waals surface area contributed by atoms with Crippen molar-refractivity contribution in [1.29, 1.82) is 0 Å². The standard InChI is InChI=1S/C37H42N10O5/c48-21-30(49)43-28-17-29(33(51)32(28)50)47-22-41-31-34(39-19-27(23-9-3-1-4-10-23)24-11-5-2-6-12-24)44-36(45-35(31)47)46-16-14-26(20-46)42-37(52)40-18-25-13-7-8-15-38-25/h1-13,15,22,26-29,32-33,48,50-51H,14,16-21H2,(H,43,49)(H,39,44,45)(H2,40,42,52)/t26?,28-,29+,32+,33-/m0/s1. The van der Waals surface area contributed by atoms with E-state index in [1.807, 2.05) is 59.5 Å². The molecule has 52 heavy (non-hydrogen) atoms. The summed E-state index contributed by atoms with van der Waals surface area (Å²) >= 11 is 0. The van der Waals surface area contributed by atoms with Crippen LogP contribution < -0.4 is 26.2 Å². The third kappa shape index (κ3) is 7.66. The number of carbonyl (C=O) groups excluding carboxylic acids is 2. The number of urea groups is 1. The maximum atomic E-state index is 12.7. The predicted molar refractivity (Wildman–Crippen MR) is 193 cm³/mol. The highest BCUT2D eigenvalue weighted by Crippen LogP contribution is 2.35. The van der Waals surface area contributed by atoms with E-state index >= 15 is 0 Å². The van der Waals surface area contributed by atoms with Crippen LogP contribution in [-0.4, -0.2) is 102 Å². The lowest BCUT2D eigenvalue weighted by molar-refractivity contribution is -0.125. The fourth-order valence-corrected chi connectivity index (χ4v) is 7.06. The fraction of sp³-hybridized carbons (Fsp3) is 0.351. The number of anilines is 2. The number of aliphatic hydroxyl groups is 3. The first-order valence-corrected chi connectivity index (χ1v) is 17.4. The summed E-state index contributed by atoms with van der Waals surface area (Å²) in [4.78, 5) is 45.5. The van der Waals surface area contributed by atoms with Crippen molar-refractivity contribution in [3.63, 3.8) is 0 Å². The SMILES string of the molecule is O=C(CO)N[C@H]1C[C@@H](n2cnc3c(NCC(c4ccccc4)c4ccccc4)nc(N4CCC(NC(=O)NCc5ccccn5)C4)nc32)[C@H](O)[C@@H]1O. The second-order valence-electron chi connectivity index (χ2n) is 13.1. The zero-order valence-corrected chi connectivity index (χ0v) is 28.4. The van der Waals surface area contributed by atoms with Crippen molar-refractivity contribution in [2.75, 3.05) is 36.5 Å². The lowest BCUT2D eigenvalue weighted by atomic mass is 9.91. The fourth-order valence-electron chi connectivity index (χ4n) is 7.06. The number of aliphatic hydroxyl groups excluding tert-OH is 3. The van der Waals surface area contributed by atoms with E-state index in [0.717, 1.165) is 16.8 Å². The summed E-state index contributed by atoms with van der Waals surface area (Å²) in [6.07, 6.45) is 1.61. The number of rotatable bonds is 12. The minimum absolute atomic E-state index is 0.00869. The van der Waals surface area contributed by atoms with Crippen LogP contribution in [0, 0.1) is 0 Å². The molecule has 15 heteroatoms. The molecule has 2 aromatic carbocycles. The normalized spacial score (nSPS) is 21.4. The van der Waals surface area contributed by atoms with Crippen LogP contribution in [0.25, 0.3) is 11.2 Å². The Kier molecular flexibility index (Phi) is 10.5. The van der Waals surface area contributed by atoms with Crippen LogP contribution >= 0.6 is 0 Å². The lowest BCUT2D eigenvalue weighted by Crippen LogP contribution is -2.44. The van der Waals surface area contributed by atoms with Crippen molar-refractivity contribution in [3.05, 3.63) is 108 Å². The summed E-state index contributed by atoms with van der Waals surface area (Å²) in [5.41, 5.74) is 3.94. The second-order valence-corrected chi connectivity index (χ2v) is 13.1. The highest BCUT2D eigenvalue weighted by molar-refractivity contribution is 5.85. The maximum Gasteiger partial charge on any atom is 0.315 e. The van der Waals surface area contributed by atoms with Gasteiger partial charge in [0.1, 0.15) is 18.8 Å². The molecule has 5 atom stereocenters. The van der Waals surface area contributed by atoms with Crippen LogP contribution in [0.3, 0.4) is 0 Å². The van der Waals surface area contributed by atoms with E-state index < -0.39 is 36.8 Å². The Morgan fingerprint density at radius 3 is 2.31 bits per heavy atom. The molecular formula is C37H42N10O5. The van der Waals surface area contributed by atoms with Crippen LogP contribution in [0.4, 0.5) is 16.6 Å². The number of pyridine rings is 1. The molecule has 15 nitrogen and oxygen atoms in total. The number of benzene rings is 2. The van der Waals surface area contributed by atoms with Gasteiger partial charge in [-0.25, -0.2) is 9.78 Å². The number of amides is 3. The van der Waals surface area contributed by atoms with Gasteiger partial charge in [-0.2, -0.15) is 9.97 Å². The molecule has 2 fully saturated rings. The first-order valence-electron chi connectivity index (χ1n) is 17.4. The molecule has 7 N–H and O–H groups in total. The van der Waals surface area contributed by atoms with Crippen LogP contribution in [0.5, 0.6) is 0 Å². The summed E-state index contributed by atoms with van der Waals surface area (Å²) in [5.74, 6) is 0.269. The van der Waals surface area contributed by atoms with Crippen molar-refractivity contribution in [2.45, 2.75) is 55.6 Å². The molecule has 0 bridgehead atoms. The van der Waals surface area contributed by atoms with Gasteiger partial charge in [0.15, 0.2) is 17.0 Å². The van der Waals surface area contributed by atoms with Crippen molar-refractivity contribution >= 4 is 34.9 Å².